The summed E-state index contributed by atoms with van der Waals surface area (Å²) in [7, 11) is 0. The molecule has 1 saturated heterocycles. The van der Waals surface area contributed by atoms with Crippen LogP contribution in [0.4, 0.5) is 10.2 Å². The normalized spacial score (nSPS) is 20.5. The van der Waals surface area contributed by atoms with Crippen molar-refractivity contribution in [1.29, 1.82) is 0 Å². The highest BCUT2D eigenvalue weighted by Gasteiger charge is 2.27. The van der Waals surface area contributed by atoms with Crippen molar-refractivity contribution >= 4 is 16.7 Å². The fourth-order valence-electron chi connectivity index (χ4n) is 3.46. The smallest absolute Gasteiger partial charge is 0.137 e. The van der Waals surface area contributed by atoms with E-state index in [0.29, 0.717) is 17.1 Å². The Morgan fingerprint density at radius 2 is 2.00 bits per heavy atom. The topological polar surface area (TPSA) is 47.0 Å². The van der Waals surface area contributed by atoms with Crippen LogP contribution in [0.1, 0.15) is 24.5 Å². The standard InChI is InChI=1S/C20H20FN3O/c21-16-8-9-18-17(11-16)20(24-13-23-18)22-12-15-7-4-10-25-19(15)14-5-2-1-3-6-14/h1-3,5-6,8-9,11,13,15,19H,4,7,10,12H2,(H,22,23,24). The summed E-state index contributed by atoms with van der Waals surface area (Å²) in [5, 5.41) is 4.09. The maximum absolute atomic E-state index is 13.6. The number of hydrogen-bond donors (Lipinski definition) is 1. The quantitative estimate of drug-likeness (QED) is 0.769. The number of halogens is 1. The molecule has 4 rings (SSSR count). The molecule has 1 aliphatic rings. The highest BCUT2D eigenvalue weighted by molar-refractivity contribution is 5.88. The largest absolute Gasteiger partial charge is 0.373 e. The zero-order valence-electron chi connectivity index (χ0n) is 13.9. The van der Waals surface area contributed by atoms with Crippen molar-refractivity contribution in [2.45, 2.75) is 18.9 Å². The van der Waals surface area contributed by atoms with Gasteiger partial charge in [0.05, 0.1) is 11.6 Å². The monoisotopic (exact) mass is 337 g/mol. The Hall–Kier alpha value is -2.53. The SMILES string of the molecule is Fc1ccc2ncnc(NCC3CCCOC3c3ccccc3)c2c1. The molecule has 2 unspecified atom stereocenters. The van der Waals surface area contributed by atoms with E-state index in [1.807, 2.05) is 18.2 Å². The van der Waals surface area contributed by atoms with Crippen molar-refractivity contribution in [1.82, 2.24) is 9.97 Å². The van der Waals surface area contributed by atoms with Gasteiger partial charge in [0, 0.05) is 24.5 Å². The molecule has 25 heavy (non-hydrogen) atoms. The molecule has 128 valence electrons. The third-order valence-corrected chi connectivity index (χ3v) is 4.70. The van der Waals surface area contributed by atoms with E-state index in [2.05, 4.69) is 27.4 Å². The number of benzene rings is 2. The minimum absolute atomic E-state index is 0.0762. The molecule has 1 aromatic heterocycles. The van der Waals surface area contributed by atoms with Gasteiger partial charge in [-0.1, -0.05) is 30.3 Å². The number of rotatable bonds is 4. The molecule has 0 bridgehead atoms. The molecule has 2 aromatic carbocycles. The van der Waals surface area contributed by atoms with Crippen LogP contribution in [0.2, 0.25) is 0 Å². The van der Waals surface area contributed by atoms with E-state index in [1.54, 1.807) is 6.07 Å². The van der Waals surface area contributed by atoms with E-state index in [9.17, 15) is 4.39 Å². The zero-order chi connectivity index (χ0) is 17.1. The van der Waals surface area contributed by atoms with Crippen molar-refractivity contribution in [3.05, 3.63) is 66.2 Å². The van der Waals surface area contributed by atoms with Gasteiger partial charge >= 0.3 is 0 Å². The number of hydrogen-bond acceptors (Lipinski definition) is 4. The summed E-state index contributed by atoms with van der Waals surface area (Å²) in [5.74, 6) is 0.727. The molecule has 5 heteroatoms. The molecular formula is C20H20FN3O. The summed E-state index contributed by atoms with van der Waals surface area (Å²) in [6.07, 6.45) is 3.72. The molecule has 1 aliphatic heterocycles. The van der Waals surface area contributed by atoms with E-state index in [-0.39, 0.29) is 11.9 Å². The highest BCUT2D eigenvalue weighted by Crippen LogP contribution is 2.34. The third kappa shape index (κ3) is 3.46. The van der Waals surface area contributed by atoms with Crippen LogP contribution >= 0.6 is 0 Å². The Bertz CT molecular complexity index is 856. The molecule has 1 fully saturated rings. The van der Waals surface area contributed by atoms with E-state index in [4.69, 9.17) is 4.74 Å². The Morgan fingerprint density at radius 3 is 2.88 bits per heavy atom. The first-order valence-electron chi connectivity index (χ1n) is 8.62. The number of nitrogens with zero attached hydrogens (tertiary/aromatic N) is 2. The van der Waals surface area contributed by atoms with Gasteiger partial charge in [0.1, 0.15) is 18.0 Å². The van der Waals surface area contributed by atoms with Gasteiger partial charge < -0.3 is 10.1 Å². The number of aromatic nitrogens is 2. The van der Waals surface area contributed by atoms with Crippen LogP contribution in [0, 0.1) is 11.7 Å². The second kappa shape index (κ2) is 7.15. The van der Waals surface area contributed by atoms with Gasteiger partial charge in [0.25, 0.3) is 0 Å². The number of anilines is 1. The zero-order valence-corrected chi connectivity index (χ0v) is 13.9. The fourth-order valence-corrected chi connectivity index (χ4v) is 3.46. The van der Waals surface area contributed by atoms with Crippen molar-refractivity contribution < 1.29 is 9.13 Å². The summed E-state index contributed by atoms with van der Waals surface area (Å²) in [5.41, 5.74) is 1.94. The average molecular weight is 337 g/mol. The van der Waals surface area contributed by atoms with Crippen LogP contribution < -0.4 is 5.32 Å². The molecule has 3 aromatic rings. The Balaban J connectivity index is 1.55. The second-order valence-corrected chi connectivity index (χ2v) is 6.37. The number of ether oxygens (including phenoxy) is 1. The lowest BCUT2D eigenvalue weighted by atomic mass is 9.89. The minimum atomic E-state index is -0.284. The molecule has 2 atom stereocenters. The summed E-state index contributed by atoms with van der Waals surface area (Å²) >= 11 is 0. The van der Waals surface area contributed by atoms with E-state index in [1.165, 1.54) is 24.0 Å². The molecule has 0 aliphatic carbocycles. The predicted molar refractivity (Wildman–Crippen MR) is 95.8 cm³/mol. The maximum atomic E-state index is 13.6. The maximum Gasteiger partial charge on any atom is 0.137 e. The van der Waals surface area contributed by atoms with Crippen LogP contribution in [0.5, 0.6) is 0 Å². The second-order valence-electron chi connectivity index (χ2n) is 6.37. The summed E-state index contributed by atoms with van der Waals surface area (Å²) in [4.78, 5) is 8.50. The van der Waals surface area contributed by atoms with Gasteiger partial charge in [-0.05, 0) is 36.6 Å². The van der Waals surface area contributed by atoms with Crippen LogP contribution in [0.3, 0.4) is 0 Å². The summed E-state index contributed by atoms with van der Waals surface area (Å²) in [6, 6.07) is 14.9. The third-order valence-electron chi connectivity index (χ3n) is 4.70. The molecule has 0 saturated carbocycles. The molecule has 0 amide bonds. The van der Waals surface area contributed by atoms with Gasteiger partial charge in [-0.3, -0.25) is 0 Å². The van der Waals surface area contributed by atoms with Gasteiger partial charge in [-0.15, -0.1) is 0 Å². The summed E-state index contributed by atoms with van der Waals surface area (Å²) in [6.45, 7) is 1.51. The van der Waals surface area contributed by atoms with Crippen molar-refractivity contribution in [3.63, 3.8) is 0 Å². The molecular weight excluding hydrogens is 317 g/mol. The lowest BCUT2D eigenvalue weighted by Crippen LogP contribution is -2.28. The summed E-state index contributed by atoms with van der Waals surface area (Å²) < 4.78 is 19.6. The van der Waals surface area contributed by atoms with E-state index in [0.717, 1.165) is 31.5 Å². The first-order chi connectivity index (χ1) is 12.3. The van der Waals surface area contributed by atoms with Gasteiger partial charge in [0.2, 0.25) is 0 Å². The Kier molecular flexibility index (Phi) is 4.57. The number of nitrogens with one attached hydrogen (secondary N) is 1. The predicted octanol–water partition coefficient (Wildman–Crippen LogP) is 4.35. The van der Waals surface area contributed by atoms with Crippen molar-refractivity contribution in [3.8, 4) is 0 Å². The van der Waals surface area contributed by atoms with Crippen molar-refractivity contribution in [2.24, 2.45) is 5.92 Å². The average Bonchev–Trinajstić information content (AvgIpc) is 2.67. The highest BCUT2D eigenvalue weighted by atomic mass is 19.1. The van der Waals surface area contributed by atoms with Crippen LogP contribution in [0.25, 0.3) is 10.9 Å². The van der Waals surface area contributed by atoms with E-state index >= 15 is 0 Å². The number of fused-ring (bicyclic) bond motifs is 1. The Labute approximate surface area is 146 Å². The molecule has 0 radical (unpaired) electrons. The van der Waals surface area contributed by atoms with Crippen molar-refractivity contribution in [2.75, 3.05) is 18.5 Å². The minimum Gasteiger partial charge on any atom is -0.373 e. The van der Waals surface area contributed by atoms with Gasteiger partial charge in [-0.2, -0.15) is 0 Å². The fraction of sp³-hybridized carbons (Fsp3) is 0.300. The molecule has 2 heterocycles. The van der Waals surface area contributed by atoms with Crippen LogP contribution in [-0.2, 0) is 4.74 Å². The van der Waals surface area contributed by atoms with E-state index < -0.39 is 0 Å². The van der Waals surface area contributed by atoms with Crippen LogP contribution in [-0.4, -0.2) is 23.1 Å². The molecule has 0 spiro atoms. The lowest BCUT2D eigenvalue weighted by molar-refractivity contribution is -0.0238. The molecule has 4 nitrogen and oxygen atoms in total. The van der Waals surface area contributed by atoms with Crippen LogP contribution in [0.15, 0.2) is 54.9 Å². The Morgan fingerprint density at radius 1 is 1.12 bits per heavy atom. The van der Waals surface area contributed by atoms with Gasteiger partial charge in [0.15, 0.2) is 0 Å². The molecule has 1 N–H and O–H groups in total. The lowest BCUT2D eigenvalue weighted by Gasteiger charge is -2.32. The van der Waals surface area contributed by atoms with Gasteiger partial charge in [-0.25, -0.2) is 14.4 Å². The first kappa shape index (κ1) is 16.0. The first-order valence-corrected chi connectivity index (χ1v) is 8.62.